The van der Waals surface area contributed by atoms with Gasteiger partial charge in [0.2, 0.25) is 0 Å². The van der Waals surface area contributed by atoms with Gasteiger partial charge in [0, 0.05) is 54.1 Å². The number of nitrogens with one attached hydrogen (secondary N) is 2. The molecule has 3 N–H and O–H groups in total. The number of imidazole rings is 1. The number of H-pyrrole nitrogens is 2. The second kappa shape index (κ2) is 9.00. The van der Waals surface area contributed by atoms with E-state index in [2.05, 4.69) is 41.1 Å². The van der Waals surface area contributed by atoms with Crippen molar-refractivity contribution in [1.82, 2.24) is 40.0 Å². The van der Waals surface area contributed by atoms with Crippen LogP contribution in [0.25, 0.3) is 56.0 Å². The molecule has 1 aliphatic rings. The molecule has 38 heavy (non-hydrogen) atoms. The molecule has 7 rings (SSSR count). The number of rotatable bonds is 5. The van der Waals surface area contributed by atoms with Crippen LogP contribution in [-0.2, 0) is 6.54 Å². The van der Waals surface area contributed by atoms with Crippen molar-refractivity contribution in [3.8, 4) is 39.7 Å². The fraction of sp³-hybridized carbons (Fsp3) is 0.179. The number of likely N-dealkylation sites (tertiary alicyclic amines) is 1. The largest absolute Gasteiger partial charge is 0.508 e. The van der Waals surface area contributed by atoms with Crippen molar-refractivity contribution >= 4 is 22.1 Å². The smallest absolute Gasteiger partial charge is 0.181 e. The van der Waals surface area contributed by atoms with Crippen LogP contribution in [0.1, 0.15) is 18.4 Å². The zero-order valence-electron chi connectivity index (χ0n) is 20.3. The number of hydrogen-bond donors (Lipinski definition) is 3. The van der Waals surface area contributed by atoms with Crippen molar-refractivity contribution in [1.29, 1.82) is 0 Å². The summed E-state index contributed by atoms with van der Waals surface area (Å²) in [5.74, 6) is -0.171. The van der Waals surface area contributed by atoms with Crippen molar-refractivity contribution in [3.05, 3.63) is 72.6 Å². The number of aromatic hydroxyl groups is 1. The summed E-state index contributed by atoms with van der Waals surface area (Å²) in [4.78, 5) is 24.0. The van der Waals surface area contributed by atoms with Crippen molar-refractivity contribution in [3.63, 3.8) is 0 Å². The second-order valence-corrected chi connectivity index (χ2v) is 9.60. The molecule has 0 spiro atoms. The molecular weight excluding hydrogens is 483 g/mol. The van der Waals surface area contributed by atoms with Gasteiger partial charge in [-0.3, -0.25) is 20.0 Å². The number of nitrogens with zero attached hydrogens (tertiary/aromatic N) is 6. The fourth-order valence-corrected chi connectivity index (χ4v) is 5.14. The van der Waals surface area contributed by atoms with Gasteiger partial charge in [-0.15, -0.1) is 0 Å². The number of phenolic OH excluding ortho intramolecular Hbond substituents is 1. The Hall–Kier alpha value is -4.70. The van der Waals surface area contributed by atoms with E-state index < -0.39 is 5.82 Å². The average Bonchev–Trinajstić information content (AvgIpc) is 3.67. The summed E-state index contributed by atoms with van der Waals surface area (Å²) >= 11 is 0. The van der Waals surface area contributed by atoms with Gasteiger partial charge in [0.05, 0.1) is 16.6 Å². The quantitative estimate of drug-likeness (QED) is 0.299. The van der Waals surface area contributed by atoms with Crippen LogP contribution in [0.5, 0.6) is 5.75 Å². The van der Waals surface area contributed by atoms with Gasteiger partial charge in [-0.2, -0.15) is 5.10 Å². The van der Waals surface area contributed by atoms with Gasteiger partial charge >= 0.3 is 0 Å². The third-order valence-electron chi connectivity index (χ3n) is 6.94. The summed E-state index contributed by atoms with van der Waals surface area (Å²) in [5, 5.41) is 18.1. The summed E-state index contributed by atoms with van der Waals surface area (Å²) in [5.41, 5.74) is 6.53. The average molecular weight is 507 g/mol. The van der Waals surface area contributed by atoms with Crippen LogP contribution >= 0.6 is 0 Å². The maximum absolute atomic E-state index is 14.0. The summed E-state index contributed by atoms with van der Waals surface area (Å²) in [6, 6.07) is 9.85. The molecule has 0 bridgehead atoms. The number of halogens is 1. The van der Waals surface area contributed by atoms with E-state index in [-0.39, 0.29) is 5.75 Å². The Morgan fingerprint density at radius 2 is 1.82 bits per heavy atom. The van der Waals surface area contributed by atoms with Crippen LogP contribution in [0, 0.1) is 5.82 Å². The SMILES string of the molecule is Oc1cc(F)cc(-c2nccc3[nH]c(-c4[nH]nc5ncc(-c6cncc(CN7CCCC7)c6)cc45)nc23)c1. The molecule has 1 fully saturated rings. The van der Waals surface area contributed by atoms with E-state index in [4.69, 9.17) is 4.98 Å². The molecule has 1 aliphatic heterocycles. The highest BCUT2D eigenvalue weighted by molar-refractivity contribution is 5.96. The van der Waals surface area contributed by atoms with E-state index in [1.165, 1.54) is 30.5 Å². The molecule has 0 amide bonds. The minimum absolute atomic E-state index is 0.174. The standard InChI is InChI=1S/C28H23FN8O/c29-20-8-17(9-21(38)11-20)24-26-23(3-4-31-24)33-28(34-26)25-22-10-19(14-32-27(22)36-35-25)18-7-16(12-30-13-18)15-37-5-1-2-6-37/h3-4,7-14,38H,1-2,5-6,15H2,(H,33,34)(H,32,35,36). The molecule has 0 atom stereocenters. The maximum Gasteiger partial charge on any atom is 0.181 e. The molecule has 1 saturated heterocycles. The predicted molar refractivity (Wildman–Crippen MR) is 142 cm³/mol. The highest BCUT2D eigenvalue weighted by Gasteiger charge is 2.18. The summed E-state index contributed by atoms with van der Waals surface area (Å²) in [6.45, 7) is 3.16. The molecular formula is C28H23FN8O. The molecule has 10 heteroatoms. The molecule has 0 radical (unpaired) electrons. The van der Waals surface area contributed by atoms with E-state index in [0.717, 1.165) is 47.7 Å². The number of benzene rings is 1. The number of aromatic nitrogens is 7. The third kappa shape index (κ3) is 4.04. The van der Waals surface area contributed by atoms with Gasteiger partial charge in [-0.25, -0.2) is 14.4 Å². The zero-order chi connectivity index (χ0) is 25.6. The topological polar surface area (TPSA) is 120 Å². The monoisotopic (exact) mass is 506 g/mol. The van der Waals surface area contributed by atoms with Crippen LogP contribution in [-0.4, -0.2) is 58.2 Å². The van der Waals surface area contributed by atoms with Crippen molar-refractivity contribution in [2.75, 3.05) is 13.1 Å². The van der Waals surface area contributed by atoms with Crippen LogP contribution in [0.2, 0.25) is 0 Å². The first-order chi connectivity index (χ1) is 18.6. The van der Waals surface area contributed by atoms with Gasteiger partial charge in [-0.1, -0.05) is 0 Å². The Bertz CT molecular complexity index is 1780. The van der Waals surface area contributed by atoms with Crippen molar-refractivity contribution < 1.29 is 9.50 Å². The number of hydrogen-bond acceptors (Lipinski definition) is 7. The summed E-state index contributed by atoms with van der Waals surface area (Å²) in [6.07, 6.45) is 9.70. The molecule has 6 aromatic rings. The van der Waals surface area contributed by atoms with E-state index in [0.29, 0.717) is 33.9 Å². The van der Waals surface area contributed by atoms with Crippen molar-refractivity contribution in [2.24, 2.45) is 0 Å². The van der Waals surface area contributed by atoms with Crippen molar-refractivity contribution in [2.45, 2.75) is 19.4 Å². The first-order valence-corrected chi connectivity index (χ1v) is 12.5. The van der Waals surface area contributed by atoms with Gasteiger partial charge in [0.25, 0.3) is 0 Å². The summed E-state index contributed by atoms with van der Waals surface area (Å²) < 4.78 is 14.0. The minimum atomic E-state index is -0.549. The molecule has 0 unspecified atom stereocenters. The van der Waals surface area contributed by atoms with E-state index in [1.54, 1.807) is 18.5 Å². The molecule has 9 nitrogen and oxygen atoms in total. The second-order valence-electron chi connectivity index (χ2n) is 9.60. The lowest BCUT2D eigenvalue weighted by atomic mass is 10.1. The number of aromatic amines is 2. The summed E-state index contributed by atoms with van der Waals surface area (Å²) in [7, 11) is 0. The third-order valence-corrected chi connectivity index (χ3v) is 6.94. The molecule has 5 aromatic heterocycles. The first kappa shape index (κ1) is 22.5. The van der Waals surface area contributed by atoms with Gasteiger partial charge in [-0.05, 0) is 61.8 Å². The lowest BCUT2D eigenvalue weighted by molar-refractivity contribution is 0.331. The number of fused-ring (bicyclic) bond motifs is 2. The normalized spacial score (nSPS) is 14.1. The maximum atomic E-state index is 14.0. The van der Waals surface area contributed by atoms with E-state index in [9.17, 15) is 9.50 Å². The van der Waals surface area contributed by atoms with Gasteiger partial charge in [0.15, 0.2) is 11.5 Å². The lowest BCUT2D eigenvalue weighted by Crippen LogP contribution is -2.18. The highest BCUT2D eigenvalue weighted by Crippen LogP contribution is 2.33. The van der Waals surface area contributed by atoms with Gasteiger partial charge < -0.3 is 10.1 Å². The Morgan fingerprint density at radius 3 is 2.68 bits per heavy atom. The van der Waals surface area contributed by atoms with Crippen LogP contribution < -0.4 is 0 Å². The molecule has 1 aromatic carbocycles. The predicted octanol–water partition coefficient (Wildman–Crippen LogP) is 5.07. The molecule has 0 saturated carbocycles. The van der Waals surface area contributed by atoms with Crippen LogP contribution in [0.4, 0.5) is 4.39 Å². The Balaban J connectivity index is 1.28. The zero-order valence-corrected chi connectivity index (χ0v) is 20.3. The molecule has 0 aliphatic carbocycles. The fourth-order valence-electron chi connectivity index (χ4n) is 5.14. The Kier molecular flexibility index (Phi) is 5.33. The van der Waals surface area contributed by atoms with Crippen LogP contribution in [0.15, 0.2) is 61.2 Å². The minimum Gasteiger partial charge on any atom is -0.508 e. The van der Waals surface area contributed by atoms with E-state index in [1.807, 2.05) is 18.5 Å². The molecule has 188 valence electrons. The number of pyridine rings is 3. The van der Waals surface area contributed by atoms with E-state index >= 15 is 0 Å². The van der Waals surface area contributed by atoms with Crippen LogP contribution in [0.3, 0.4) is 0 Å². The molecule has 6 heterocycles. The highest BCUT2D eigenvalue weighted by atomic mass is 19.1. The van der Waals surface area contributed by atoms with Gasteiger partial charge in [0.1, 0.15) is 22.8 Å². The lowest BCUT2D eigenvalue weighted by Gasteiger charge is -2.14. The first-order valence-electron chi connectivity index (χ1n) is 12.5. The Labute approximate surface area is 216 Å². The Morgan fingerprint density at radius 1 is 0.947 bits per heavy atom. The number of phenols is 1.